The van der Waals surface area contributed by atoms with Crippen LogP contribution in [0.4, 0.5) is 0 Å². The largest absolute Gasteiger partial charge is 0.465 e. The molecule has 118 valence electrons. The molecule has 0 aromatic carbocycles. The molecule has 1 saturated carbocycles. The average Bonchev–Trinajstić information content (AvgIpc) is 2.96. The highest BCUT2D eigenvalue weighted by Crippen LogP contribution is 2.40. The Balaban J connectivity index is 2.05. The maximum absolute atomic E-state index is 12.3. The Bertz CT molecular complexity index is 503. The summed E-state index contributed by atoms with van der Waals surface area (Å²) in [6.07, 6.45) is 2.67. The number of likely N-dealkylation sites (N-methyl/N-ethyl adjacent to an activating group) is 1. The molecule has 1 aliphatic carbocycles. The van der Waals surface area contributed by atoms with Crippen LogP contribution in [0.1, 0.15) is 38.8 Å². The summed E-state index contributed by atoms with van der Waals surface area (Å²) >= 11 is 1.81. The van der Waals surface area contributed by atoms with E-state index in [2.05, 4.69) is 16.5 Å². The van der Waals surface area contributed by atoms with E-state index in [1.165, 1.54) is 0 Å². The first-order valence-corrected chi connectivity index (χ1v) is 8.48. The number of ether oxygens (including phenoxy) is 1. The van der Waals surface area contributed by atoms with Crippen LogP contribution >= 0.6 is 11.8 Å². The summed E-state index contributed by atoms with van der Waals surface area (Å²) in [4.78, 5) is 12.3. The molecule has 0 bridgehead atoms. The number of esters is 1. The van der Waals surface area contributed by atoms with E-state index in [4.69, 9.17) is 4.74 Å². The molecule has 1 aromatic heterocycles. The lowest BCUT2D eigenvalue weighted by molar-refractivity contribution is -0.151. The summed E-state index contributed by atoms with van der Waals surface area (Å²) < 4.78 is 7.19. The Labute approximate surface area is 130 Å². The van der Waals surface area contributed by atoms with E-state index in [1.807, 2.05) is 44.3 Å². The van der Waals surface area contributed by atoms with E-state index >= 15 is 0 Å². The zero-order valence-corrected chi connectivity index (χ0v) is 14.1. The van der Waals surface area contributed by atoms with Gasteiger partial charge in [-0.25, -0.2) is 0 Å². The lowest BCUT2D eigenvalue weighted by Crippen LogP contribution is -2.51. The Morgan fingerprint density at radius 3 is 2.95 bits per heavy atom. The quantitative estimate of drug-likeness (QED) is 0.817. The van der Waals surface area contributed by atoms with Crippen molar-refractivity contribution in [2.45, 2.75) is 55.8 Å². The molecule has 1 fully saturated rings. The minimum Gasteiger partial charge on any atom is -0.465 e. The van der Waals surface area contributed by atoms with Gasteiger partial charge in [-0.3, -0.25) is 9.48 Å². The fourth-order valence-corrected chi connectivity index (χ4v) is 4.37. The van der Waals surface area contributed by atoms with Gasteiger partial charge in [-0.1, -0.05) is 6.92 Å². The molecule has 0 amide bonds. The molecule has 0 aliphatic heterocycles. The molecule has 2 atom stereocenters. The van der Waals surface area contributed by atoms with Crippen LogP contribution in [-0.4, -0.2) is 39.7 Å². The number of nitrogens with zero attached hydrogens (tertiary/aromatic N) is 2. The summed E-state index contributed by atoms with van der Waals surface area (Å²) in [5.41, 5.74) is 0.525. The van der Waals surface area contributed by atoms with Crippen molar-refractivity contribution >= 4 is 17.7 Å². The number of hydrogen-bond donors (Lipinski definition) is 1. The summed E-state index contributed by atoms with van der Waals surface area (Å²) in [6.45, 7) is 7.11. The van der Waals surface area contributed by atoms with Crippen molar-refractivity contribution in [3.8, 4) is 0 Å². The Morgan fingerprint density at radius 1 is 1.62 bits per heavy atom. The van der Waals surface area contributed by atoms with Gasteiger partial charge in [0.05, 0.1) is 17.3 Å². The summed E-state index contributed by atoms with van der Waals surface area (Å²) in [6, 6.07) is 2.10. The maximum atomic E-state index is 12.3. The number of aryl methyl sites for hydroxylation is 2. The van der Waals surface area contributed by atoms with Crippen LogP contribution < -0.4 is 5.32 Å². The molecule has 0 radical (unpaired) electrons. The van der Waals surface area contributed by atoms with Crippen molar-refractivity contribution in [2.75, 3.05) is 13.2 Å². The molecule has 1 aliphatic rings. The Kier molecular flexibility index (Phi) is 5.32. The zero-order valence-electron chi connectivity index (χ0n) is 13.3. The van der Waals surface area contributed by atoms with Gasteiger partial charge < -0.3 is 10.1 Å². The van der Waals surface area contributed by atoms with E-state index in [9.17, 15) is 4.79 Å². The molecular weight excluding hydrogens is 286 g/mol. The normalized spacial score (nSPS) is 25.2. The summed E-state index contributed by atoms with van der Waals surface area (Å²) in [7, 11) is 1.97. The minimum atomic E-state index is -0.504. The minimum absolute atomic E-state index is 0.101. The molecule has 0 saturated heterocycles. The molecule has 1 N–H and O–H groups in total. The second-order valence-corrected chi connectivity index (χ2v) is 6.88. The fourth-order valence-electron chi connectivity index (χ4n) is 2.99. The van der Waals surface area contributed by atoms with E-state index in [0.717, 1.165) is 36.5 Å². The predicted octanol–water partition coefficient (Wildman–Crippen LogP) is 2.28. The van der Waals surface area contributed by atoms with Gasteiger partial charge in [0.25, 0.3) is 0 Å². The van der Waals surface area contributed by atoms with Gasteiger partial charge >= 0.3 is 5.97 Å². The standard InChI is InChI=1S/C15H25N3O2S/c1-5-16-15(14(19)20-6-2)8-7-12(10-15)21-13-9-11(3)17-18(13)4/h9,12,16H,5-8,10H2,1-4H3. The first kappa shape index (κ1) is 16.4. The molecule has 0 spiro atoms. The number of rotatable bonds is 6. The molecule has 1 aromatic rings. The van der Waals surface area contributed by atoms with E-state index in [-0.39, 0.29) is 5.97 Å². The molecule has 6 heteroatoms. The molecular formula is C15H25N3O2S. The third-order valence-electron chi connectivity index (χ3n) is 3.90. The van der Waals surface area contributed by atoms with Crippen molar-refractivity contribution in [3.05, 3.63) is 11.8 Å². The average molecular weight is 311 g/mol. The van der Waals surface area contributed by atoms with Crippen LogP contribution in [0.3, 0.4) is 0 Å². The maximum Gasteiger partial charge on any atom is 0.326 e. The number of nitrogens with one attached hydrogen (secondary N) is 1. The first-order chi connectivity index (χ1) is 10.0. The van der Waals surface area contributed by atoms with Crippen molar-refractivity contribution in [3.63, 3.8) is 0 Å². The van der Waals surface area contributed by atoms with Gasteiger partial charge in [-0.05, 0) is 45.7 Å². The van der Waals surface area contributed by atoms with Gasteiger partial charge in [0.15, 0.2) is 0 Å². The van der Waals surface area contributed by atoms with Gasteiger partial charge in [0, 0.05) is 12.3 Å². The van der Waals surface area contributed by atoms with Crippen molar-refractivity contribution in [1.82, 2.24) is 15.1 Å². The summed E-state index contributed by atoms with van der Waals surface area (Å²) in [5, 5.41) is 9.33. The molecule has 5 nitrogen and oxygen atoms in total. The van der Waals surface area contributed by atoms with Crippen LogP contribution in [0.5, 0.6) is 0 Å². The first-order valence-electron chi connectivity index (χ1n) is 7.60. The van der Waals surface area contributed by atoms with Crippen molar-refractivity contribution in [2.24, 2.45) is 7.05 Å². The monoisotopic (exact) mass is 311 g/mol. The van der Waals surface area contributed by atoms with E-state index < -0.39 is 5.54 Å². The SMILES string of the molecule is CCNC1(C(=O)OCC)CCC(Sc2cc(C)nn2C)C1. The highest BCUT2D eigenvalue weighted by atomic mass is 32.2. The van der Waals surface area contributed by atoms with Crippen molar-refractivity contribution in [1.29, 1.82) is 0 Å². The van der Waals surface area contributed by atoms with Crippen LogP contribution in [0.2, 0.25) is 0 Å². The smallest absolute Gasteiger partial charge is 0.326 e. The Hall–Kier alpha value is -1.01. The van der Waals surface area contributed by atoms with Crippen LogP contribution in [0, 0.1) is 6.92 Å². The zero-order chi connectivity index (χ0) is 15.5. The van der Waals surface area contributed by atoms with Gasteiger partial charge in [0.1, 0.15) is 5.54 Å². The van der Waals surface area contributed by atoms with Crippen LogP contribution in [-0.2, 0) is 16.6 Å². The lowest BCUT2D eigenvalue weighted by Gasteiger charge is -2.27. The molecule has 2 rings (SSSR count). The van der Waals surface area contributed by atoms with E-state index in [0.29, 0.717) is 11.9 Å². The van der Waals surface area contributed by atoms with E-state index in [1.54, 1.807) is 0 Å². The fraction of sp³-hybridized carbons (Fsp3) is 0.733. The van der Waals surface area contributed by atoms with Crippen molar-refractivity contribution < 1.29 is 9.53 Å². The third kappa shape index (κ3) is 3.61. The highest BCUT2D eigenvalue weighted by Gasteiger charge is 2.46. The van der Waals surface area contributed by atoms with Gasteiger partial charge in [0.2, 0.25) is 0 Å². The third-order valence-corrected chi connectivity index (χ3v) is 5.26. The second kappa shape index (κ2) is 6.83. The number of thioether (sulfide) groups is 1. The second-order valence-electron chi connectivity index (χ2n) is 5.56. The van der Waals surface area contributed by atoms with Gasteiger partial charge in [-0.2, -0.15) is 5.10 Å². The Morgan fingerprint density at radius 2 is 2.38 bits per heavy atom. The molecule has 21 heavy (non-hydrogen) atoms. The molecule has 2 unspecified atom stereocenters. The number of carbonyl (C=O) groups is 1. The van der Waals surface area contributed by atoms with Crippen LogP contribution in [0.15, 0.2) is 11.1 Å². The number of carbonyl (C=O) groups excluding carboxylic acids is 1. The van der Waals surface area contributed by atoms with Crippen LogP contribution in [0.25, 0.3) is 0 Å². The topological polar surface area (TPSA) is 56.1 Å². The number of hydrogen-bond acceptors (Lipinski definition) is 5. The lowest BCUT2D eigenvalue weighted by atomic mass is 9.98. The highest BCUT2D eigenvalue weighted by molar-refractivity contribution is 7.99. The predicted molar refractivity (Wildman–Crippen MR) is 84.5 cm³/mol. The van der Waals surface area contributed by atoms with Gasteiger partial charge in [-0.15, -0.1) is 11.8 Å². The number of aromatic nitrogens is 2. The summed E-state index contributed by atoms with van der Waals surface area (Å²) in [5.74, 6) is -0.101. The molecule has 1 heterocycles.